The van der Waals surface area contributed by atoms with Crippen LogP contribution in [0.2, 0.25) is 0 Å². The molecule has 27 heavy (non-hydrogen) atoms. The Bertz CT molecular complexity index is 1060. The van der Waals surface area contributed by atoms with Crippen molar-refractivity contribution in [3.63, 3.8) is 0 Å². The standard InChI is InChI=1S/C18H20N6O2S/c1-4-10-21-27(25,26)15-7-5-14(6-8-15)22-18-19-11-9-16(23-18)17-12-20-13(2)24(17)3/h4-9,11-12,21H,1,10H2,2-3H3,(H,19,22,23). The molecule has 0 fully saturated rings. The summed E-state index contributed by atoms with van der Waals surface area (Å²) in [4.78, 5) is 13.2. The van der Waals surface area contributed by atoms with Gasteiger partial charge in [0.1, 0.15) is 5.82 Å². The number of nitrogens with one attached hydrogen (secondary N) is 2. The molecule has 0 saturated heterocycles. The van der Waals surface area contributed by atoms with Crippen LogP contribution in [0.1, 0.15) is 5.82 Å². The van der Waals surface area contributed by atoms with Crippen LogP contribution < -0.4 is 10.0 Å². The van der Waals surface area contributed by atoms with E-state index < -0.39 is 10.0 Å². The van der Waals surface area contributed by atoms with Gasteiger partial charge in [0, 0.05) is 25.5 Å². The van der Waals surface area contributed by atoms with E-state index in [4.69, 9.17) is 0 Å². The maximum Gasteiger partial charge on any atom is 0.240 e. The highest BCUT2D eigenvalue weighted by Gasteiger charge is 2.13. The summed E-state index contributed by atoms with van der Waals surface area (Å²) in [5, 5.41) is 3.08. The second-order valence-corrected chi connectivity index (χ2v) is 7.57. The van der Waals surface area contributed by atoms with Gasteiger partial charge in [-0.1, -0.05) is 6.08 Å². The number of benzene rings is 1. The van der Waals surface area contributed by atoms with Gasteiger partial charge in [0.15, 0.2) is 0 Å². The monoisotopic (exact) mass is 384 g/mol. The van der Waals surface area contributed by atoms with Gasteiger partial charge in [-0.05, 0) is 37.3 Å². The minimum Gasteiger partial charge on any atom is -0.330 e. The van der Waals surface area contributed by atoms with Gasteiger partial charge in [-0.3, -0.25) is 0 Å². The molecule has 0 aliphatic carbocycles. The van der Waals surface area contributed by atoms with Crippen LogP contribution in [0.3, 0.4) is 0 Å². The van der Waals surface area contributed by atoms with Crippen molar-refractivity contribution in [2.45, 2.75) is 11.8 Å². The van der Waals surface area contributed by atoms with E-state index in [0.717, 1.165) is 17.2 Å². The zero-order chi connectivity index (χ0) is 19.4. The van der Waals surface area contributed by atoms with Gasteiger partial charge in [-0.15, -0.1) is 6.58 Å². The lowest BCUT2D eigenvalue weighted by atomic mass is 10.3. The normalized spacial score (nSPS) is 11.3. The molecule has 2 N–H and O–H groups in total. The van der Waals surface area contributed by atoms with Crippen molar-refractivity contribution in [3.8, 4) is 11.4 Å². The smallest absolute Gasteiger partial charge is 0.240 e. The van der Waals surface area contributed by atoms with E-state index in [1.54, 1.807) is 24.5 Å². The molecule has 0 aliphatic heterocycles. The minimum absolute atomic E-state index is 0.176. The van der Waals surface area contributed by atoms with Crippen molar-refractivity contribution >= 4 is 21.7 Å². The van der Waals surface area contributed by atoms with Crippen molar-refractivity contribution in [3.05, 3.63) is 61.2 Å². The van der Waals surface area contributed by atoms with Gasteiger partial charge in [0.25, 0.3) is 0 Å². The zero-order valence-corrected chi connectivity index (χ0v) is 15.9. The molecule has 0 amide bonds. The van der Waals surface area contributed by atoms with Crippen LogP contribution >= 0.6 is 0 Å². The number of imidazole rings is 1. The first-order chi connectivity index (χ1) is 12.9. The molecule has 3 rings (SSSR count). The maximum atomic E-state index is 12.1. The molecule has 3 aromatic rings. The fourth-order valence-corrected chi connectivity index (χ4v) is 3.40. The highest BCUT2D eigenvalue weighted by atomic mass is 32.2. The quantitative estimate of drug-likeness (QED) is 0.607. The van der Waals surface area contributed by atoms with Gasteiger partial charge in [-0.2, -0.15) is 0 Å². The molecule has 0 radical (unpaired) electrons. The van der Waals surface area contributed by atoms with Crippen LogP contribution in [0, 0.1) is 6.92 Å². The third-order valence-corrected chi connectivity index (χ3v) is 5.42. The zero-order valence-electron chi connectivity index (χ0n) is 15.0. The lowest BCUT2D eigenvalue weighted by Gasteiger charge is -2.09. The van der Waals surface area contributed by atoms with E-state index in [-0.39, 0.29) is 11.4 Å². The molecule has 0 atom stereocenters. The summed E-state index contributed by atoms with van der Waals surface area (Å²) in [6, 6.07) is 8.16. The lowest BCUT2D eigenvalue weighted by Crippen LogP contribution is -2.23. The van der Waals surface area contributed by atoms with Gasteiger partial charge in [0.2, 0.25) is 16.0 Å². The third kappa shape index (κ3) is 4.21. The van der Waals surface area contributed by atoms with E-state index in [9.17, 15) is 8.42 Å². The van der Waals surface area contributed by atoms with Crippen molar-refractivity contribution in [2.24, 2.45) is 7.05 Å². The van der Waals surface area contributed by atoms with Crippen LogP contribution in [0.15, 0.2) is 60.3 Å². The Balaban J connectivity index is 1.79. The first kappa shape index (κ1) is 18.7. The Hall–Kier alpha value is -3.04. The number of aryl methyl sites for hydroxylation is 1. The van der Waals surface area contributed by atoms with Crippen LogP contribution in [0.25, 0.3) is 11.4 Å². The molecule has 0 aliphatic rings. The van der Waals surface area contributed by atoms with Crippen LogP contribution in [0.4, 0.5) is 11.6 Å². The predicted octanol–water partition coefficient (Wildman–Crippen LogP) is 2.39. The van der Waals surface area contributed by atoms with E-state index in [2.05, 4.69) is 31.6 Å². The first-order valence-electron chi connectivity index (χ1n) is 8.20. The maximum absolute atomic E-state index is 12.1. The average molecular weight is 384 g/mol. The molecule has 2 heterocycles. The molecular weight excluding hydrogens is 364 g/mol. The number of anilines is 2. The summed E-state index contributed by atoms with van der Waals surface area (Å²) in [5.41, 5.74) is 2.30. The summed E-state index contributed by atoms with van der Waals surface area (Å²) in [5.74, 6) is 1.30. The average Bonchev–Trinajstić information content (AvgIpc) is 3.00. The van der Waals surface area contributed by atoms with E-state index in [0.29, 0.717) is 11.6 Å². The summed E-state index contributed by atoms with van der Waals surface area (Å²) in [7, 11) is -1.62. The van der Waals surface area contributed by atoms with Crippen molar-refractivity contribution in [1.82, 2.24) is 24.2 Å². The molecule has 0 spiro atoms. The molecular formula is C18H20N6O2S. The highest BCUT2D eigenvalue weighted by molar-refractivity contribution is 7.89. The van der Waals surface area contributed by atoms with Crippen LogP contribution in [0.5, 0.6) is 0 Å². The second-order valence-electron chi connectivity index (χ2n) is 5.81. The number of hydrogen-bond acceptors (Lipinski definition) is 6. The Kier molecular flexibility index (Phi) is 5.33. The summed E-state index contributed by atoms with van der Waals surface area (Å²) in [6.45, 7) is 5.59. The summed E-state index contributed by atoms with van der Waals surface area (Å²) >= 11 is 0. The van der Waals surface area contributed by atoms with Crippen molar-refractivity contribution in [1.29, 1.82) is 0 Å². The minimum atomic E-state index is -3.55. The Labute approximate surface area is 158 Å². The Morgan fingerprint density at radius 3 is 2.56 bits per heavy atom. The molecule has 1 aromatic carbocycles. The molecule has 0 saturated carbocycles. The van der Waals surface area contributed by atoms with Crippen molar-refractivity contribution in [2.75, 3.05) is 11.9 Å². The van der Waals surface area contributed by atoms with Gasteiger partial charge < -0.3 is 9.88 Å². The first-order valence-corrected chi connectivity index (χ1v) is 9.68. The van der Waals surface area contributed by atoms with Gasteiger partial charge in [0.05, 0.1) is 22.5 Å². The van der Waals surface area contributed by atoms with Gasteiger partial charge in [-0.25, -0.2) is 28.1 Å². The largest absolute Gasteiger partial charge is 0.330 e. The third-order valence-electron chi connectivity index (χ3n) is 3.98. The SMILES string of the molecule is C=CCNS(=O)(=O)c1ccc(Nc2nccc(-c3cnc(C)n3C)n2)cc1. The fourth-order valence-electron chi connectivity index (χ4n) is 2.40. The fraction of sp³-hybridized carbons (Fsp3) is 0.167. The number of nitrogens with zero attached hydrogens (tertiary/aromatic N) is 4. The molecule has 9 heteroatoms. The Morgan fingerprint density at radius 2 is 1.93 bits per heavy atom. The topological polar surface area (TPSA) is 102 Å². The van der Waals surface area contributed by atoms with Gasteiger partial charge >= 0.3 is 0 Å². The number of aromatic nitrogens is 4. The lowest BCUT2D eigenvalue weighted by molar-refractivity contribution is 0.585. The Morgan fingerprint density at radius 1 is 1.19 bits per heavy atom. The summed E-state index contributed by atoms with van der Waals surface area (Å²) in [6.07, 6.45) is 4.91. The molecule has 0 unspecified atom stereocenters. The second kappa shape index (κ2) is 7.68. The number of hydrogen-bond donors (Lipinski definition) is 2. The summed E-state index contributed by atoms with van der Waals surface area (Å²) < 4.78 is 28.5. The van der Waals surface area contributed by atoms with Crippen molar-refractivity contribution < 1.29 is 8.42 Å². The highest BCUT2D eigenvalue weighted by Crippen LogP contribution is 2.20. The molecule has 8 nitrogen and oxygen atoms in total. The predicted molar refractivity (Wildman–Crippen MR) is 104 cm³/mol. The van der Waals surface area contributed by atoms with Crippen LogP contribution in [-0.4, -0.2) is 34.5 Å². The number of sulfonamides is 1. The van der Waals surface area contributed by atoms with Crippen LogP contribution in [-0.2, 0) is 17.1 Å². The van der Waals surface area contributed by atoms with E-state index in [1.807, 2.05) is 24.6 Å². The van der Waals surface area contributed by atoms with E-state index >= 15 is 0 Å². The number of rotatable bonds is 7. The van der Waals surface area contributed by atoms with E-state index in [1.165, 1.54) is 18.2 Å². The molecule has 0 bridgehead atoms. The molecule has 140 valence electrons. The molecule has 2 aromatic heterocycles.